The van der Waals surface area contributed by atoms with Gasteiger partial charge in [-0.2, -0.15) is 0 Å². The zero-order valence-electron chi connectivity index (χ0n) is 11.3. The molecule has 3 heteroatoms. The first-order chi connectivity index (χ1) is 8.47. The molecule has 0 unspecified atom stereocenters. The molecule has 2 aromatic rings. The van der Waals surface area contributed by atoms with Crippen LogP contribution in [-0.2, 0) is 0 Å². The standard InChI is InChI=1S/C15H19N3/c1-9-5-11(3)14(12(4)6-9)18-15-13(16)7-10(2)8-17-15/h5-8H,16H2,1-4H3,(H,17,18). The van der Waals surface area contributed by atoms with E-state index in [0.717, 1.165) is 17.1 Å². The molecule has 1 aromatic carbocycles. The molecule has 0 saturated heterocycles. The molecular formula is C15H19N3. The van der Waals surface area contributed by atoms with Gasteiger partial charge in [0.1, 0.15) is 0 Å². The summed E-state index contributed by atoms with van der Waals surface area (Å²) >= 11 is 0. The van der Waals surface area contributed by atoms with Crippen molar-refractivity contribution in [1.82, 2.24) is 4.98 Å². The zero-order chi connectivity index (χ0) is 13.3. The number of anilines is 3. The van der Waals surface area contributed by atoms with Crippen molar-refractivity contribution in [2.24, 2.45) is 0 Å². The molecule has 2 rings (SSSR count). The molecule has 0 spiro atoms. The molecule has 1 heterocycles. The van der Waals surface area contributed by atoms with Crippen LogP contribution in [0.5, 0.6) is 0 Å². The van der Waals surface area contributed by atoms with E-state index in [9.17, 15) is 0 Å². The van der Waals surface area contributed by atoms with Crippen LogP contribution in [0.4, 0.5) is 17.2 Å². The van der Waals surface area contributed by atoms with Crippen LogP contribution in [0.1, 0.15) is 22.3 Å². The Morgan fingerprint density at radius 2 is 1.56 bits per heavy atom. The van der Waals surface area contributed by atoms with Crippen molar-refractivity contribution in [3.05, 3.63) is 46.6 Å². The molecule has 0 fully saturated rings. The second-order valence-electron chi connectivity index (χ2n) is 4.85. The SMILES string of the molecule is Cc1cc(C)c(Nc2ncc(C)cc2N)c(C)c1. The van der Waals surface area contributed by atoms with Crippen molar-refractivity contribution < 1.29 is 0 Å². The zero-order valence-corrected chi connectivity index (χ0v) is 11.3. The number of nitrogens with zero attached hydrogens (tertiary/aromatic N) is 1. The molecule has 0 radical (unpaired) electrons. The predicted molar refractivity (Wildman–Crippen MR) is 77.3 cm³/mol. The van der Waals surface area contributed by atoms with Crippen molar-refractivity contribution in [3.63, 3.8) is 0 Å². The van der Waals surface area contributed by atoms with Crippen molar-refractivity contribution >= 4 is 17.2 Å². The van der Waals surface area contributed by atoms with Gasteiger partial charge in [-0.25, -0.2) is 4.98 Å². The first kappa shape index (κ1) is 12.4. The molecule has 18 heavy (non-hydrogen) atoms. The average molecular weight is 241 g/mol. The Morgan fingerprint density at radius 3 is 2.11 bits per heavy atom. The van der Waals surface area contributed by atoms with Gasteiger partial charge in [-0.15, -0.1) is 0 Å². The molecule has 0 saturated carbocycles. The molecule has 3 N–H and O–H groups in total. The maximum atomic E-state index is 5.97. The lowest BCUT2D eigenvalue weighted by molar-refractivity contribution is 1.24. The Balaban J connectivity index is 2.40. The fraction of sp³-hybridized carbons (Fsp3) is 0.267. The third-order valence-corrected chi connectivity index (χ3v) is 2.97. The minimum Gasteiger partial charge on any atom is -0.396 e. The fourth-order valence-corrected chi connectivity index (χ4v) is 2.19. The number of hydrogen-bond donors (Lipinski definition) is 2. The molecule has 0 bridgehead atoms. The molecule has 0 aliphatic heterocycles. The van der Waals surface area contributed by atoms with E-state index in [2.05, 4.69) is 43.2 Å². The number of nitrogens with one attached hydrogen (secondary N) is 1. The second-order valence-corrected chi connectivity index (χ2v) is 4.85. The van der Waals surface area contributed by atoms with Gasteiger partial charge in [0.15, 0.2) is 5.82 Å². The number of nitrogens with two attached hydrogens (primary N) is 1. The van der Waals surface area contributed by atoms with E-state index < -0.39 is 0 Å². The van der Waals surface area contributed by atoms with E-state index in [-0.39, 0.29) is 0 Å². The summed E-state index contributed by atoms with van der Waals surface area (Å²) in [6.07, 6.45) is 1.82. The predicted octanol–water partition coefficient (Wildman–Crippen LogP) is 3.64. The summed E-state index contributed by atoms with van der Waals surface area (Å²) in [4.78, 5) is 4.34. The molecule has 3 nitrogen and oxygen atoms in total. The monoisotopic (exact) mass is 241 g/mol. The Labute approximate surface area is 108 Å². The molecular weight excluding hydrogens is 222 g/mol. The van der Waals surface area contributed by atoms with Crippen LogP contribution in [0, 0.1) is 27.7 Å². The third kappa shape index (κ3) is 2.45. The molecule has 1 aromatic heterocycles. The molecule has 0 aliphatic carbocycles. The minimum atomic E-state index is 0.675. The van der Waals surface area contributed by atoms with Gasteiger partial charge < -0.3 is 11.1 Å². The summed E-state index contributed by atoms with van der Waals surface area (Å²) in [6, 6.07) is 6.23. The van der Waals surface area contributed by atoms with Gasteiger partial charge >= 0.3 is 0 Å². The molecule has 94 valence electrons. The average Bonchev–Trinajstić information content (AvgIpc) is 2.25. The normalized spacial score (nSPS) is 10.4. The Morgan fingerprint density at radius 1 is 0.944 bits per heavy atom. The van der Waals surface area contributed by atoms with Crippen molar-refractivity contribution in [3.8, 4) is 0 Å². The molecule has 0 aliphatic rings. The van der Waals surface area contributed by atoms with E-state index in [1.54, 1.807) is 0 Å². The lowest BCUT2D eigenvalue weighted by Gasteiger charge is -2.14. The fourth-order valence-electron chi connectivity index (χ4n) is 2.19. The Kier molecular flexibility index (Phi) is 3.24. The van der Waals surface area contributed by atoms with Gasteiger partial charge in [0.25, 0.3) is 0 Å². The topological polar surface area (TPSA) is 50.9 Å². The Hall–Kier alpha value is -2.03. The van der Waals surface area contributed by atoms with Crippen LogP contribution in [0.2, 0.25) is 0 Å². The van der Waals surface area contributed by atoms with Crippen LogP contribution in [0.15, 0.2) is 24.4 Å². The summed E-state index contributed by atoms with van der Waals surface area (Å²) in [5.74, 6) is 0.718. The van der Waals surface area contributed by atoms with E-state index in [1.807, 2.05) is 19.2 Å². The maximum Gasteiger partial charge on any atom is 0.153 e. The number of nitrogen functional groups attached to an aromatic ring is 1. The maximum absolute atomic E-state index is 5.97. The minimum absolute atomic E-state index is 0.675. The highest BCUT2D eigenvalue weighted by Crippen LogP contribution is 2.27. The number of pyridine rings is 1. The van der Waals surface area contributed by atoms with Gasteiger partial charge in [-0.05, 0) is 50.5 Å². The quantitative estimate of drug-likeness (QED) is 0.844. The van der Waals surface area contributed by atoms with E-state index in [1.165, 1.54) is 16.7 Å². The van der Waals surface area contributed by atoms with Crippen LogP contribution < -0.4 is 11.1 Å². The van der Waals surface area contributed by atoms with Gasteiger partial charge in [-0.1, -0.05) is 17.7 Å². The van der Waals surface area contributed by atoms with E-state index >= 15 is 0 Å². The smallest absolute Gasteiger partial charge is 0.153 e. The van der Waals surface area contributed by atoms with Crippen molar-refractivity contribution in [2.45, 2.75) is 27.7 Å². The van der Waals surface area contributed by atoms with Gasteiger partial charge in [0, 0.05) is 11.9 Å². The number of aryl methyl sites for hydroxylation is 4. The summed E-state index contributed by atoms with van der Waals surface area (Å²) in [5, 5.41) is 3.33. The lowest BCUT2D eigenvalue weighted by atomic mass is 10.1. The van der Waals surface area contributed by atoms with Gasteiger partial charge in [0.05, 0.1) is 5.69 Å². The van der Waals surface area contributed by atoms with Crippen LogP contribution >= 0.6 is 0 Å². The van der Waals surface area contributed by atoms with E-state index in [4.69, 9.17) is 5.73 Å². The number of rotatable bonds is 2. The van der Waals surface area contributed by atoms with Crippen molar-refractivity contribution in [1.29, 1.82) is 0 Å². The molecule has 0 amide bonds. The van der Waals surface area contributed by atoms with E-state index in [0.29, 0.717) is 5.69 Å². The second kappa shape index (κ2) is 4.69. The summed E-state index contributed by atoms with van der Waals surface area (Å²) in [7, 11) is 0. The lowest BCUT2D eigenvalue weighted by Crippen LogP contribution is -2.02. The highest BCUT2D eigenvalue weighted by Gasteiger charge is 2.07. The molecule has 0 atom stereocenters. The highest BCUT2D eigenvalue weighted by atomic mass is 15.0. The van der Waals surface area contributed by atoms with Crippen LogP contribution in [-0.4, -0.2) is 4.98 Å². The highest BCUT2D eigenvalue weighted by molar-refractivity contribution is 5.72. The summed E-state index contributed by atoms with van der Waals surface area (Å²) in [5.41, 5.74) is 12.5. The summed E-state index contributed by atoms with van der Waals surface area (Å²) in [6.45, 7) is 8.26. The Bertz CT molecular complexity index is 565. The first-order valence-corrected chi connectivity index (χ1v) is 6.04. The van der Waals surface area contributed by atoms with Crippen LogP contribution in [0.25, 0.3) is 0 Å². The largest absolute Gasteiger partial charge is 0.396 e. The van der Waals surface area contributed by atoms with Crippen LogP contribution in [0.3, 0.4) is 0 Å². The van der Waals surface area contributed by atoms with Gasteiger partial charge in [0.2, 0.25) is 0 Å². The van der Waals surface area contributed by atoms with Gasteiger partial charge in [-0.3, -0.25) is 0 Å². The summed E-state index contributed by atoms with van der Waals surface area (Å²) < 4.78 is 0. The van der Waals surface area contributed by atoms with Crippen molar-refractivity contribution in [2.75, 3.05) is 11.1 Å². The number of aromatic nitrogens is 1. The number of benzene rings is 1. The number of hydrogen-bond acceptors (Lipinski definition) is 3. The first-order valence-electron chi connectivity index (χ1n) is 6.04. The third-order valence-electron chi connectivity index (χ3n) is 2.97.